The fourth-order valence-corrected chi connectivity index (χ4v) is 4.54. The topological polar surface area (TPSA) is 104 Å². The van der Waals surface area contributed by atoms with Crippen molar-refractivity contribution in [2.24, 2.45) is 11.8 Å². The molecule has 0 aromatic heterocycles. The molecule has 1 aromatic carbocycles. The van der Waals surface area contributed by atoms with Crippen molar-refractivity contribution in [1.82, 2.24) is 9.62 Å². The first-order valence-electron chi connectivity index (χ1n) is 8.57. The number of hydrogen-bond donors (Lipinski definition) is 2. The van der Waals surface area contributed by atoms with Gasteiger partial charge in [-0.15, -0.1) is 0 Å². The molecule has 0 saturated carbocycles. The second-order valence-electron chi connectivity index (χ2n) is 7.84. The van der Waals surface area contributed by atoms with Crippen LogP contribution in [-0.4, -0.2) is 48.9 Å². The van der Waals surface area contributed by atoms with E-state index in [0.717, 1.165) is 0 Å². The summed E-state index contributed by atoms with van der Waals surface area (Å²) in [7, 11) is -3.65. The highest BCUT2D eigenvalue weighted by atomic mass is 32.2. The number of amides is 1. The average Bonchev–Trinajstić information content (AvgIpc) is 2.51. The first-order valence-corrected chi connectivity index (χ1v) is 10.0. The van der Waals surface area contributed by atoms with Gasteiger partial charge in [0.25, 0.3) is 5.91 Å². The number of piperidine rings is 1. The van der Waals surface area contributed by atoms with Crippen LogP contribution in [0, 0.1) is 11.8 Å². The predicted molar refractivity (Wildman–Crippen MR) is 97.3 cm³/mol. The van der Waals surface area contributed by atoms with Crippen molar-refractivity contribution in [3.05, 3.63) is 29.8 Å². The van der Waals surface area contributed by atoms with Gasteiger partial charge in [0.2, 0.25) is 10.0 Å². The fourth-order valence-electron chi connectivity index (χ4n) is 3.12. The van der Waals surface area contributed by atoms with E-state index >= 15 is 0 Å². The van der Waals surface area contributed by atoms with E-state index in [1.807, 2.05) is 6.92 Å². The molecule has 1 heterocycles. The summed E-state index contributed by atoms with van der Waals surface area (Å²) >= 11 is 0. The lowest BCUT2D eigenvalue weighted by Gasteiger charge is -2.35. The molecule has 0 bridgehead atoms. The first kappa shape index (κ1) is 20.4. The molecular formula is C18H26N2O5S. The summed E-state index contributed by atoms with van der Waals surface area (Å²) in [5.74, 6) is -1.60. The zero-order valence-corrected chi connectivity index (χ0v) is 16.3. The molecular weight excluding hydrogens is 356 g/mol. The second-order valence-corrected chi connectivity index (χ2v) is 9.52. The summed E-state index contributed by atoms with van der Waals surface area (Å²) in [4.78, 5) is 25.5. The molecule has 2 N–H and O–H groups in total. The Bertz CT molecular complexity index is 781. The Kier molecular flexibility index (Phi) is 5.77. The number of hydrogen-bond acceptors (Lipinski definition) is 4. The molecule has 144 valence electrons. The van der Waals surface area contributed by atoms with Gasteiger partial charge in [0, 0.05) is 24.2 Å². The maximum absolute atomic E-state index is 12.6. The molecule has 2 atom stereocenters. The minimum absolute atomic E-state index is 0.0990. The number of carbonyl (C=O) groups is 2. The van der Waals surface area contributed by atoms with Crippen molar-refractivity contribution >= 4 is 21.9 Å². The highest BCUT2D eigenvalue weighted by molar-refractivity contribution is 7.89. The van der Waals surface area contributed by atoms with Gasteiger partial charge < -0.3 is 10.0 Å². The lowest BCUT2D eigenvalue weighted by molar-refractivity contribution is -0.145. The van der Waals surface area contributed by atoms with Crippen LogP contribution in [0.3, 0.4) is 0 Å². The lowest BCUT2D eigenvalue weighted by atomic mass is 9.87. The minimum Gasteiger partial charge on any atom is -0.481 e. The number of aliphatic carboxylic acids is 1. The Balaban J connectivity index is 2.11. The zero-order valence-electron chi connectivity index (χ0n) is 15.5. The van der Waals surface area contributed by atoms with Crippen LogP contribution >= 0.6 is 0 Å². The number of sulfonamides is 1. The van der Waals surface area contributed by atoms with Crippen LogP contribution in [0.15, 0.2) is 29.2 Å². The highest BCUT2D eigenvalue weighted by Crippen LogP contribution is 2.25. The number of carboxylic acids is 1. The third-order valence-electron chi connectivity index (χ3n) is 4.36. The molecule has 7 nitrogen and oxygen atoms in total. The Morgan fingerprint density at radius 3 is 2.23 bits per heavy atom. The molecule has 0 radical (unpaired) electrons. The summed E-state index contributed by atoms with van der Waals surface area (Å²) < 4.78 is 27.2. The van der Waals surface area contributed by atoms with E-state index in [2.05, 4.69) is 4.72 Å². The van der Waals surface area contributed by atoms with Crippen LogP contribution in [0.1, 0.15) is 44.5 Å². The Morgan fingerprint density at radius 2 is 1.77 bits per heavy atom. The SMILES string of the molecule is CC1CN(C(=O)c2ccc(S(=O)(=O)NC(C)(C)C)cc2)CCC1C(=O)O. The van der Waals surface area contributed by atoms with Crippen molar-refractivity contribution in [1.29, 1.82) is 0 Å². The monoisotopic (exact) mass is 382 g/mol. The summed E-state index contributed by atoms with van der Waals surface area (Å²) in [6, 6.07) is 5.81. The molecule has 26 heavy (non-hydrogen) atoms. The molecule has 2 unspecified atom stereocenters. The molecule has 8 heteroatoms. The maximum Gasteiger partial charge on any atom is 0.306 e. The number of nitrogens with one attached hydrogen (secondary N) is 1. The van der Waals surface area contributed by atoms with E-state index in [0.29, 0.717) is 25.1 Å². The van der Waals surface area contributed by atoms with Gasteiger partial charge >= 0.3 is 5.97 Å². The Morgan fingerprint density at radius 1 is 1.19 bits per heavy atom. The predicted octanol–water partition coefficient (Wildman–Crippen LogP) is 1.95. The standard InChI is InChI=1S/C18H26N2O5S/c1-12-11-20(10-9-15(12)17(22)23)16(21)13-5-7-14(8-6-13)26(24,25)19-18(2,3)4/h5-8,12,15,19H,9-11H2,1-4H3,(H,22,23). The molecule has 0 aliphatic carbocycles. The fraction of sp³-hybridized carbons (Fsp3) is 0.556. The number of benzene rings is 1. The maximum atomic E-state index is 12.6. The summed E-state index contributed by atoms with van der Waals surface area (Å²) in [6.07, 6.45) is 0.421. The van der Waals surface area contributed by atoms with Gasteiger partial charge in [0.1, 0.15) is 0 Å². The number of rotatable bonds is 4. The van der Waals surface area contributed by atoms with Crippen molar-refractivity contribution in [2.45, 2.75) is 44.6 Å². The number of nitrogens with zero attached hydrogens (tertiary/aromatic N) is 1. The molecule has 1 saturated heterocycles. The average molecular weight is 382 g/mol. The smallest absolute Gasteiger partial charge is 0.306 e. The van der Waals surface area contributed by atoms with E-state index in [1.54, 1.807) is 25.7 Å². The number of carboxylic acid groups (broad SMARTS) is 1. The first-order chi connectivity index (χ1) is 11.9. The van der Waals surface area contributed by atoms with Gasteiger partial charge in [0.15, 0.2) is 0 Å². The number of likely N-dealkylation sites (tertiary alicyclic amines) is 1. The third kappa shape index (κ3) is 4.82. The van der Waals surface area contributed by atoms with E-state index < -0.39 is 27.4 Å². The van der Waals surface area contributed by atoms with E-state index in [-0.39, 0.29) is 16.7 Å². The van der Waals surface area contributed by atoms with Crippen LogP contribution in [0.25, 0.3) is 0 Å². The van der Waals surface area contributed by atoms with Crippen LogP contribution in [0.2, 0.25) is 0 Å². The summed E-state index contributed by atoms with van der Waals surface area (Å²) in [6.45, 7) is 7.85. The van der Waals surface area contributed by atoms with Gasteiger partial charge in [-0.3, -0.25) is 9.59 Å². The van der Waals surface area contributed by atoms with E-state index in [1.165, 1.54) is 24.3 Å². The van der Waals surface area contributed by atoms with Crippen LogP contribution < -0.4 is 4.72 Å². The molecule has 1 amide bonds. The molecule has 1 aliphatic rings. The largest absolute Gasteiger partial charge is 0.481 e. The van der Waals surface area contributed by atoms with Crippen molar-refractivity contribution in [3.63, 3.8) is 0 Å². The van der Waals surface area contributed by atoms with Crippen LogP contribution in [-0.2, 0) is 14.8 Å². The van der Waals surface area contributed by atoms with Crippen molar-refractivity contribution in [3.8, 4) is 0 Å². The van der Waals surface area contributed by atoms with Gasteiger partial charge in [-0.1, -0.05) is 6.92 Å². The lowest BCUT2D eigenvalue weighted by Crippen LogP contribution is -2.45. The van der Waals surface area contributed by atoms with Crippen molar-refractivity contribution < 1.29 is 23.1 Å². The summed E-state index contributed by atoms with van der Waals surface area (Å²) in [5, 5.41) is 9.17. The molecule has 1 fully saturated rings. The molecule has 2 rings (SSSR count). The normalized spacial score (nSPS) is 21.5. The second kappa shape index (κ2) is 7.36. The van der Waals surface area contributed by atoms with Crippen LogP contribution in [0.5, 0.6) is 0 Å². The zero-order chi connectivity index (χ0) is 19.7. The van der Waals surface area contributed by atoms with Crippen molar-refractivity contribution in [2.75, 3.05) is 13.1 Å². The minimum atomic E-state index is -3.65. The van der Waals surface area contributed by atoms with E-state index in [9.17, 15) is 23.1 Å². The van der Waals surface area contributed by atoms with Gasteiger partial charge in [-0.2, -0.15) is 0 Å². The van der Waals surface area contributed by atoms with E-state index in [4.69, 9.17) is 0 Å². The molecule has 1 aromatic rings. The van der Waals surface area contributed by atoms with Gasteiger partial charge in [0.05, 0.1) is 10.8 Å². The highest BCUT2D eigenvalue weighted by Gasteiger charge is 2.33. The summed E-state index contributed by atoms with van der Waals surface area (Å²) in [5.41, 5.74) is -0.210. The molecule has 0 spiro atoms. The van der Waals surface area contributed by atoms with Gasteiger partial charge in [-0.25, -0.2) is 13.1 Å². The third-order valence-corrected chi connectivity index (χ3v) is 6.14. The quantitative estimate of drug-likeness (QED) is 0.828. The van der Waals surface area contributed by atoms with Gasteiger partial charge in [-0.05, 0) is 57.4 Å². The number of carbonyl (C=O) groups excluding carboxylic acids is 1. The Hall–Kier alpha value is -1.93. The Labute approximate surface area is 154 Å². The van der Waals surface area contributed by atoms with Crippen LogP contribution in [0.4, 0.5) is 0 Å². The molecule has 1 aliphatic heterocycles.